The summed E-state index contributed by atoms with van der Waals surface area (Å²) in [6, 6.07) is 1.99. The molecule has 0 aromatic carbocycles. The number of carbonyl (C=O) groups is 1. The minimum atomic E-state index is -0.632. The van der Waals surface area contributed by atoms with Crippen LogP contribution in [0, 0.1) is 0 Å². The summed E-state index contributed by atoms with van der Waals surface area (Å²) in [6.07, 6.45) is 7.01. The number of carbonyl (C=O) groups excluding carboxylic acids is 1. The van der Waals surface area contributed by atoms with E-state index >= 15 is 0 Å². The lowest BCUT2D eigenvalue weighted by molar-refractivity contribution is -0.152. The molecule has 1 aliphatic rings. The van der Waals surface area contributed by atoms with E-state index in [1.165, 1.54) is 10.9 Å². The van der Waals surface area contributed by atoms with E-state index in [0.29, 0.717) is 19.0 Å². The van der Waals surface area contributed by atoms with Gasteiger partial charge in [-0.15, -0.1) is 5.06 Å². The van der Waals surface area contributed by atoms with Gasteiger partial charge in [-0.3, -0.25) is 4.98 Å². The minimum Gasteiger partial charge on any atom is -0.427 e. The molecule has 2 aromatic rings. The summed E-state index contributed by atoms with van der Waals surface area (Å²) in [5, 5.41) is 2.87. The van der Waals surface area contributed by atoms with E-state index in [9.17, 15) is 4.79 Å². The Morgan fingerprint density at radius 1 is 1.35 bits per heavy atom. The van der Waals surface area contributed by atoms with Gasteiger partial charge in [0.1, 0.15) is 5.60 Å². The van der Waals surface area contributed by atoms with Gasteiger partial charge in [-0.1, -0.05) is 0 Å². The Bertz CT molecular complexity index is 682. The Kier molecular flexibility index (Phi) is 4.26. The molecule has 124 valence electrons. The molecule has 0 bridgehead atoms. The van der Waals surface area contributed by atoms with E-state index in [0.717, 1.165) is 18.4 Å². The van der Waals surface area contributed by atoms with Crippen LogP contribution < -0.4 is 0 Å². The van der Waals surface area contributed by atoms with Gasteiger partial charge in [0.05, 0.1) is 0 Å². The van der Waals surface area contributed by atoms with Crippen molar-refractivity contribution in [1.29, 1.82) is 0 Å². The van der Waals surface area contributed by atoms with Gasteiger partial charge in [0.15, 0.2) is 0 Å². The van der Waals surface area contributed by atoms with Crippen molar-refractivity contribution in [2.24, 2.45) is 0 Å². The largest absolute Gasteiger partial charge is 0.528 e. The molecule has 0 aliphatic carbocycles. The van der Waals surface area contributed by atoms with Crippen LogP contribution in [0.1, 0.15) is 45.1 Å². The van der Waals surface area contributed by atoms with Gasteiger partial charge < -0.3 is 14.6 Å². The fourth-order valence-corrected chi connectivity index (χ4v) is 2.95. The van der Waals surface area contributed by atoms with Crippen LogP contribution in [-0.4, -0.2) is 39.9 Å². The van der Waals surface area contributed by atoms with Gasteiger partial charge in [-0.2, -0.15) is 0 Å². The first kappa shape index (κ1) is 15.8. The number of hydrogen-bond acceptors (Lipinski definition) is 5. The molecule has 6 heteroatoms. The molecule has 3 rings (SSSR count). The monoisotopic (exact) mass is 317 g/mol. The zero-order valence-electron chi connectivity index (χ0n) is 13.8. The number of aromatic amines is 1. The molecular formula is C17H23N3O3. The number of nitrogens with zero attached hydrogens (tertiary/aromatic N) is 2. The van der Waals surface area contributed by atoms with Crippen molar-refractivity contribution < 1.29 is 14.4 Å². The number of ether oxygens (including phenoxy) is 1. The first-order valence-electron chi connectivity index (χ1n) is 7.99. The van der Waals surface area contributed by atoms with E-state index in [1.807, 2.05) is 33.0 Å². The summed E-state index contributed by atoms with van der Waals surface area (Å²) in [7, 11) is 0. The van der Waals surface area contributed by atoms with E-state index in [1.54, 1.807) is 11.3 Å². The lowest BCUT2D eigenvalue weighted by Crippen LogP contribution is -2.37. The van der Waals surface area contributed by atoms with Crippen LogP contribution in [0.3, 0.4) is 0 Å². The fourth-order valence-electron chi connectivity index (χ4n) is 2.95. The highest BCUT2D eigenvalue weighted by molar-refractivity contribution is 5.82. The molecule has 1 aliphatic heterocycles. The molecule has 0 saturated carbocycles. The van der Waals surface area contributed by atoms with E-state index in [-0.39, 0.29) is 0 Å². The SMILES string of the molecule is CC(C)(C)OC(=O)ON1CCC(c2c[nH]c3ccncc23)CC1. The summed E-state index contributed by atoms with van der Waals surface area (Å²) < 4.78 is 5.18. The summed E-state index contributed by atoms with van der Waals surface area (Å²) in [6.45, 7) is 6.89. The van der Waals surface area contributed by atoms with E-state index < -0.39 is 11.8 Å². The second-order valence-corrected chi connectivity index (χ2v) is 6.92. The lowest BCUT2D eigenvalue weighted by Gasteiger charge is -2.30. The van der Waals surface area contributed by atoms with Crippen LogP contribution in [0.5, 0.6) is 0 Å². The molecule has 1 fully saturated rings. The molecule has 0 amide bonds. The maximum absolute atomic E-state index is 11.7. The Morgan fingerprint density at radius 3 is 2.78 bits per heavy atom. The molecule has 3 heterocycles. The van der Waals surface area contributed by atoms with E-state index in [4.69, 9.17) is 9.57 Å². The maximum Gasteiger partial charge on any atom is 0.528 e. The molecule has 6 nitrogen and oxygen atoms in total. The number of pyridine rings is 1. The number of hydroxylamine groups is 2. The third kappa shape index (κ3) is 3.82. The molecule has 1 saturated heterocycles. The molecule has 1 N–H and O–H groups in total. The number of fused-ring (bicyclic) bond motifs is 1. The highest BCUT2D eigenvalue weighted by atomic mass is 16.8. The van der Waals surface area contributed by atoms with Gasteiger partial charge in [0.25, 0.3) is 0 Å². The quantitative estimate of drug-likeness (QED) is 0.857. The van der Waals surface area contributed by atoms with Crippen molar-refractivity contribution in [3.05, 3.63) is 30.2 Å². The molecule has 2 aromatic heterocycles. The summed E-state index contributed by atoms with van der Waals surface area (Å²) in [4.78, 5) is 24.5. The Labute approximate surface area is 135 Å². The number of rotatable bonds is 2. The fraction of sp³-hybridized carbons (Fsp3) is 0.529. The zero-order chi connectivity index (χ0) is 16.4. The third-order valence-electron chi connectivity index (χ3n) is 4.00. The van der Waals surface area contributed by atoms with Gasteiger partial charge >= 0.3 is 6.16 Å². The number of nitrogens with one attached hydrogen (secondary N) is 1. The summed E-state index contributed by atoms with van der Waals surface area (Å²) in [5.41, 5.74) is 1.87. The summed E-state index contributed by atoms with van der Waals surface area (Å²) in [5.74, 6) is 0.450. The second-order valence-electron chi connectivity index (χ2n) is 6.92. The van der Waals surface area contributed by atoms with Crippen LogP contribution in [0.2, 0.25) is 0 Å². The second kappa shape index (κ2) is 6.20. The molecule has 0 spiro atoms. The minimum absolute atomic E-state index is 0.450. The molecule has 0 atom stereocenters. The Hall–Kier alpha value is -2.08. The van der Waals surface area contributed by atoms with E-state index in [2.05, 4.69) is 16.2 Å². The van der Waals surface area contributed by atoms with Crippen LogP contribution in [0.25, 0.3) is 10.9 Å². The van der Waals surface area contributed by atoms with Crippen molar-refractivity contribution >= 4 is 17.1 Å². The Balaban J connectivity index is 1.57. The van der Waals surface area contributed by atoms with Crippen LogP contribution in [0.15, 0.2) is 24.7 Å². The topological polar surface area (TPSA) is 67.5 Å². The average molecular weight is 317 g/mol. The van der Waals surface area contributed by atoms with Crippen molar-refractivity contribution in [1.82, 2.24) is 15.0 Å². The predicted molar refractivity (Wildman–Crippen MR) is 87.0 cm³/mol. The van der Waals surface area contributed by atoms with Crippen LogP contribution >= 0.6 is 0 Å². The lowest BCUT2D eigenvalue weighted by atomic mass is 9.90. The van der Waals surface area contributed by atoms with Gasteiger partial charge in [-0.05, 0) is 51.2 Å². The zero-order valence-corrected chi connectivity index (χ0v) is 13.8. The smallest absolute Gasteiger partial charge is 0.427 e. The first-order valence-corrected chi connectivity index (χ1v) is 7.99. The van der Waals surface area contributed by atoms with Gasteiger partial charge in [-0.25, -0.2) is 4.79 Å². The number of H-pyrrole nitrogens is 1. The first-order chi connectivity index (χ1) is 10.9. The standard InChI is InChI=1S/C17H23N3O3/c1-17(2,3)22-16(21)23-20-8-5-12(6-9-20)13-11-19-15-4-7-18-10-14(13)15/h4,7,10-12,19H,5-6,8-9H2,1-3H3. The highest BCUT2D eigenvalue weighted by Crippen LogP contribution is 2.32. The van der Waals surface area contributed by atoms with Crippen molar-refractivity contribution in [2.75, 3.05) is 13.1 Å². The predicted octanol–water partition coefficient (Wildman–Crippen LogP) is 3.61. The molecule has 23 heavy (non-hydrogen) atoms. The normalized spacial score (nSPS) is 17.3. The Morgan fingerprint density at radius 2 is 2.09 bits per heavy atom. The van der Waals surface area contributed by atoms with Crippen LogP contribution in [-0.2, 0) is 9.57 Å². The summed E-state index contributed by atoms with van der Waals surface area (Å²) >= 11 is 0. The van der Waals surface area contributed by atoms with Gasteiger partial charge in [0.2, 0.25) is 0 Å². The maximum atomic E-state index is 11.7. The number of hydrogen-bond donors (Lipinski definition) is 1. The van der Waals surface area contributed by atoms with Crippen molar-refractivity contribution in [2.45, 2.75) is 45.1 Å². The third-order valence-corrected chi connectivity index (χ3v) is 4.00. The molecule has 0 radical (unpaired) electrons. The molecular weight excluding hydrogens is 294 g/mol. The molecule has 0 unspecified atom stereocenters. The van der Waals surface area contributed by atoms with Gasteiger partial charge in [0, 0.05) is 42.6 Å². The van der Waals surface area contributed by atoms with Crippen molar-refractivity contribution in [3.63, 3.8) is 0 Å². The average Bonchev–Trinajstić information content (AvgIpc) is 2.90. The number of aromatic nitrogens is 2. The van der Waals surface area contributed by atoms with Crippen LogP contribution in [0.4, 0.5) is 4.79 Å². The van der Waals surface area contributed by atoms with Crippen molar-refractivity contribution in [3.8, 4) is 0 Å². The highest BCUT2D eigenvalue weighted by Gasteiger charge is 2.26. The number of piperidine rings is 1.